The first-order chi connectivity index (χ1) is 8.06. The van der Waals surface area contributed by atoms with Crippen molar-refractivity contribution in [2.75, 3.05) is 19.7 Å². The smallest absolute Gasteiger partial charge is 0.258 e. The predicted octanol–water partition coefficient (Wildman–Crippen LogP) is 1.09. The summed E-state index contributed by atoms with van der Waals surface area (Å²) in [5.74, 6) is -0.170. The number of halogens is 1. The minimum atomic E-state index is -0.170. The molecule has 0 saturated carbocycles. The van der Waals surface area contributed by atoms with E-state index in [0.29, 0.717) is 35.9 Å². The average Bonchev–Trinajstić information content (AvgIpc) is 2.61. The van der Waals surface area contributed by atoms with Crippen molar-refractivity contribution in [2.24, 2.45) is 7.05 Å². The highest BCUT2D eigenvalue weighted by Crippen LogP contribution is 2.21. The molecule has 6 heteroatoms. The summed E-state index contributed by atoms with van der Waals surface area (Å²) < 4.78 is 1.50. The fourth-order valence-electron chi connectivity index (χ4n) is 1.70. The van der Waals surface area contributed by atoms with Crippen molar-refractivity contribution in [1.29, 1.82) is 0 Å². The van der Waals surface area contributed by atoms with Crippen LogP contribution in [0.1, 0.15) is 29.9 Å². The summed E-state index contributed by atoms with van der Waals surface area (Å²) in [7, 11) is 1.71. The molecule has 0 saturated heterocycles. The zero-order valence-corrected chi connectivity index (χ0v) is 11.2. The SMILES string of the molecule is CCc1nn(C)c(Cl)c1C(=O)N(CC)CCO. The Kier molecular flexibility index (Phi) is 4.96. The zero-order valence-electron chi connectivity index (χ0n) is 10.4. The van der Waals surface area contributed by atoms with Gasteiger partial charge < -0.3 is 10.0 Å². The molecular formula is C11H18ClN3O2. The molecule has 0 fully saturated rings. The van der Waals surface area contributed by atoms with Crippen molar-refractivity contribution in [3.8, 4) is 0 Å². The third-order valence-corrected chi connectivity index (χ3v) is 3.07. The average molecular weight is 260 g/mol. The molecule has 1 N–H and O–H groups in total. The lowest BCUT2D eigenvalue weighted by Crippen LogP contribution is -2.33. The zero-order chi connectivity index (χ0) is 13.0. The third-order valence-electron chi connectivity index (χ3n) is 2.64. The number of amides is 1. The van der Waals surface area contributed by atoms with Crippen LogP contribution in [0.5, 0.6) is 0 Å². The summed E-state index contributed by atoms with van der Waals surface area (Å²) in [6.07, 6.45) is 0.651. The molecule has 1 aromatic rings. The number of nitrogens with zero attached hydrogens (tertiary/aromatic N) is 3. The summed E-state index contributed by atoms with van der Waals surface area (Å²) in [5.41, 5.74) is 1.14. The number of carbonyl (C=O) groups is 1. The quantitative estimate of drug-likeness (QED) is 0.861. The second-order valence-corrected chi connectivity index (χ2v) is 4.06. The van der Waals surface area contributed by atoms with Gasteiger partial charge in [0.2, 0.25) is 0 Å². The summed E-state index contributed by atoms with van der Waals surface area (Å²) >= 11 is 6.08. The van der Waals surface area contributed by atoms with Crippen LogP contribution in [-0.2, 0) is 13.5 Å². The molecule has 0 aliphatic rings. The number of rotatable bonds is 5. The van der Waals surface area contributed by atoms with E-state index >= 15 is 0 Å². The van der Waals surface area contributed by atoms with Gasteiger partial charge in [0.25, 0.3) is 5.91 Å². The van der Waals surface area contributed by atoms with E-state index in [9.17, 15) is 4.79 Å². The fraction of sp³-hybridized carbons (Fsp3) is 0.636. The number of likely N-dealkylation sites (N-methyl/N-ethyl adjacent to an activating group) is 1. The van der Waals surface area contributed by atoms with Gasteiger partial charge in [0, 0.05) is 20.1 Å². The van der Waals surface area contributed by atoms with Crippen molar-refractivity contribution >= 4 is 17.5 Å². The number of hydrogen-bond donors (Lipinski definition) is 1. The van der Waals surface area contributed by atoms with Crippen molar-refractivity contribution < 1.29 is 9.90 Å². The third kappa shape index (κ3) is 2.79. The lowest BCUT2D eigenvalue weighted by atomic mass is 10.2. The Hall–Kier alpha value is -1.07. The molecule has 0 unspecified atom stereocenters. The van der Waals surface area contributed by atoms with Gasteiger partial charge in [0.05, 0.1) is 17.9 Å². The highest BCUT2D eigenvalue weighted by Gasteiger charge is 2.24. The van der Waals surface area contributed by atoms with Gasteiger partial charge in [-0.1, -0.05) is 18.5 Å². The van der Waals surface area contributed by atoms with Gasteiger partial charge in [-0.25, -0.2) is 0 Å². The van der Waals surface area contributed by atoms with Crippen LogP contribution in [0.4, 0.5) is 0 Å². The molecule has 17 heavy (non-hydrogen) atoms. The topological polar surface area (TPSA) is 58.4 Å². The van der Waals surface area contributed by atoms with Crippen LogP contribution in [0.3, 0.4) is 0 Å². The Bertz CT molecular complexity index is 404. The van der Waals surface area contributed by atoms with Gasteiger partial charge in [-0.15, -0.1) is 0 Å². The first-order valence-corrected chi connectivity index (χ1v) is 6.06. The van der Waals surface area contributed by atoms with Crippen LogP contribution in [-0.4, -0.2) is 45.4 Å². The minimum absolute atomic E-state index is 0.0566. The van der Waals surface area contributed by atoms with E-state index in [2.05, 4.69) is 5.10 Å². The van der Waals surface area contributed by atoms with Crippen molar-refractivity contribution in [3.63, 3.8) is 0 Å². The van der Waals surface area contributed by atoms with Gasteiger partial charge >= 0.3 is 0 Å². The molecule has 5 nitrogen and oxygen atoms in total. The Morgan fingerprint density at radius 1 is 1.53 bits per heavy atom. The molecule has 96 valence electrons. The van der Waals surface area contributed by atoms with E-state index in [1.165, 1.54) is 4.68 Å². The number of hydrogen-bond acceptors (Lipinski definition) is 3. The maximum atomic E-state index is 12.3. The van der Waals surface area contributed by atoms with E-state index in [1.807, 2.05) is 13.8 Å². The van der Waals surface area contributed by atoms with E-state index in [0.717, 1.165) is 0 Å². The summed E-state index contributed by atoms with van der Waals surface area (Å²) in [4.78, 5) is 13.8. The first kappa shape index (κ1) is 14.0. The van der Waals surface area contributed by atoms with Crippen LogP contribution in [0.15, 0.2) is 0 Å². The molecule has 0 aliphatic heterocycles. The fourth-order valence-corrected chi connectivity index (χ4v) is 1.92. The predicted molar refractivity (Wildman–Crippen MR) is 66.3 cm³/mol. The standard InChI is InChI=1S/C11H18ClN3O2/c1-4-8-9(10(12)14(3)13-8)11(17)15(5-2)6-7-16/h16H,4-7H2,1-3H3. The van der Waals surface area contributed by atoms with Gasteiger partial charge in [0.15, 0.2) is 0 Å². The molecule has 0 radical (unpaired) electrons. The Labute approximate surface area is 106 Å². The van der Waals surface area contributed by atoms with Gasteiger partial charge in [0.1, 0.15) is 5.15 Å². The largest absolute Gasteiger partial charge is 0.395 e. The number of aryl methyl sites for hydroxylation is 2. The summed E-state index contributed by atoms with van der Waals surface area (Å²) in [5, 5.41) is 13.5. The van der Waals surface area contributed by atoms with E-state index in [4.69, 9.17) is 16.7 Å². The van der Waals surface area contributed by atoms with Crippen molar-refractivity contribution in [3.05, 3.63) is 16.4 Å². The highest BCUT2D eigenvalue weighted by atomic mass is 35.5. The Morgan fingerprint density at radius 3 is 2.65 bits per heavy atom. The minimum Gasteiger partial charge on any atom is -0.395 e. The van der Waals surface area contributed by atoms with Crippen LogP contribution in [0.2, 0.25) is 5.15 Å². The second-order valence-electron chi connectivity index (χ2n) is 3.70. The molecule has 1 heterocycles. The normalized spacial score (nSPS) is 10.6. The van der Waals surface area contributed by atoms with Gasteiger partial charge in [-0.05, 0) is 13.3 Å². The summed E-state index contributed by atoms with van der Waals surface area (Å²) in [6, 6.07) is 0. The number of aromatic nitrogens is 2. The molecule has 1 amide bonds. The molecule has 1 aromatic heterocycles. The van der Waals surface area contributed by atoms with Crippen molar-refractivity contribution in [1.82, 2.24) is 14.7 Å². The molecule has 0 aromatic carbocycles. The molecule has 0 spiro atoms. The molecule has 1 rings (SSSR count). The monoisotopic (exact) mass is 259 g/mol. The number of carbonyl (C=O) groups excluding carboxylic acids is 1. The van der Waals surface area contributed by atoms with Gasteiger partial charge in [-0.2, -0.15) is 5.10 Å². The Morgan fingerprint density at radius 2 is 2.18 bits per heavy atom. The summed E-state index contributed by atoms with van der Waals surface area (Å²) in [6.45, 7) is 4.58. The lowest BCUT2D eigenvalue weighted by molar-refractivity contribution is 0.0731. The van der Waals surface area contributed by atoms with E-state index in [1.54, 1.807) is 11.9 Å². The number of aliphatic hydroxyl groups is 1. The van der Waals surface area contributed by atoms with Crippen molar-refractivity contribution in [2.45, 2.75) is 20.3 Å². The van der Waals surface area contributed by atoms with Crippen LogP contribution >= 0.6 is 11.6 Å². The first-order valence-electron chi connectivity index (χ1n) is 5.68. The highest BCUT2D eigenvalue weighted by molar-refractivity contribution is 6.33. The maximum absolute atomic E-state index is 12.3. The van der Waals surface area contributed by atoms with E-state index < -0.39 is 0 Å². The molecular weight excluding hydrogens is 242 g/mol. The number of aliphatic hydroxyl groups excluding tert-OH is 1. The molecule has 0 bridgehead atoms. The Balaban J connectivity index is 3.09. The molecule has 0 aliphatic carbocycles. The maximum Gasteiger partial charge on any atom is 0.258 e. The molecule has 0 atom stereocenters. The van der Waals surface area contributed by atoms with Crippen LogP contribution < -0.4 is 0 Å². The van der Waals surface area contributed by atoms with E-state index in [-0.39, 0.29) is 12.5 Å². The van der Waals surface area contributed by atoms with Gasteiger partial charge in [-0.3, -0.25) is 9.48 Å². The van der Waals surface area contributed by atoms with Crippen LogP contribution in [0.25, 0.3) is 0 Å². The second kappa shape index (κ2) is 6.02. The van der Waals surface area contributed by atoms with Crippen LogP contribution in [0, 0.1) is 0 Å². The lowest BCUT2D eigenvalue weighted by Gasteiger charge is -2.19.